The van der Waals surface area contributed by atoms with Crippen molar-refractivity contribution in [1.82, 2.24) is 9.47 Å². The average Bonchev–Trinajstić information content (AvgIpc) is 3.00. The highest BCUT2D eigenvalue weighted by molar-refractivity contribution is 6.31. The fourth-order valence-corrected chi connectivity index (χ4v) is 3.68. The minimum Gasteiger partial charge on any atom is -0.493 e. The van der Waals surface area contributed by atoms with Crippen molar-refractivity contribution in [2.24, 2.45) is 0 Å². The van der Waals surface area contributed by atoms with Crippen LogP contribution in [0, 0.1) is 0 Å². The van der Waals surface area contributed by atoms with Crippen molar-refractivity contribution in [1.29, 1.82) is 0 Å². The fourth-order valence-electron chi connectivity index (χ4n) is 3.52. The molecule has 0 atom stereocenters. The Labute approximate surface area is 166 Å². The van der Waals surface area contributed by atoms with Gasteiger partial charge in [0.2, 0.25) is 5.91 Å². The van der Waals surface area contributed by atoms with E-state index >= 15 is 0 Å². The Morgan fingerprint density at radius 2 is 1.86 bits per heavy atom. The monoisotopic (exact) mass is 402 g/mol. The van der Waals surface area contributed by atoms with Gasteiger partial charge in [0.1, 0.15) is 6.54 Å². The van der Waals surface area contributed by atoms with E-state index in [1.165, 1.54) is 4.57 Å². The Bertz CT molecular complexity index is 1120. The number of hydrogen-bond donors (Lipinski definition) is 0. The van der Waals surface area contributed by atoms with Crippen molar-refractivity contribution in [3.8, 4) is 11.5 Å². The molecule has 1 aliphatic rings. The van der Waals surface area contributed by atoms with Crippen molar-refractivity contribution in [3.63, 3.8) is 0 Å². The van der Waals surface area contributed by atoms with Gasteiger partial charge in [0, 0.05) is 24.2 Å². The number of benzene rings is 2. The summed E-state index contributed by atoms with van der Waals surface area (Å²) in [7, 11) is 3.18. The van der Waals surface area contributed by atoms with Crippen LogP contribution in [0.1, 0.15) is 11.1 Å². The Kier molecular flexibility index (Phi) is 4.77. The van der Waals surface area contributed by atoms with Crippen molar-refractivity contribution in [3.05, 3.63) is 57.0 Å². The molecule has 7 nitrogen and oxygen atoms in total. The van der Waals surface area contributed by atoms with Gasteiger partial charge in [-0.1, -0.05) is 11.6 Å². The second kappa shape index (κ2) is 7.24. The van der Waals surface area contributed by atoms with Crippen LogP contribution in [0.4, 0.5) is 0 Å². The molecule has 0 fully saturated rings. The van der Waals surface area contributed by atoms with Crippen molar-refractivity contribution in [2.75, 3.05) is 20.8 Å². The van der Waals surface area contributed by atoms with E-state index in [1.807, 2.05) is 12.1 Å². The highest BCUT2D eigenvalue weighted by Gasteiger charge is 2.24. The molecule has 1 aromatic heterocycles. The second-order valence-electron chi connectivity index (χ2n) is 6.61. The molecule has 1 aliphatic heterocycles. The Balaban J connectivity index is 1.58. The lowest BCUT2D eigenvalue weighted by Gasteiger charge is -2.29. The Hall–Kier alpha value is -2.93. The zero-order valence-electron chi connectivity index (χ0n) is 15.5. The molecule has 0 spiro atoms. The number of amides is 1. The molecule has 2 heterocycles. The third-order valence-electron chi connectivity index (χ3n) is 4.99. The van der Waals surface area contributed by atoms with E-state index in [0.717, 1.165) is 11.1 Å². The number of fused-ring (bicyclic) bond motifs is 2. The van der Waals surface area contributed by atoms with Crippen LogP contribution in [-0.4, -0.2) is 36.1 Å². The summed E-state index contributed by atoms with van der Waals surface area (Å²) in [5, 5.41) is 0.469. The summed E-state index contributed by atoms with van der Waals surface area (Å²) < 4.78 is 17.2. The van der Waals surface area contributed by atoms with E-state index in [1.54, 1.807) is 37.3 Å². The van der Waals surface area contributed by atoms with Gasteiger partial charge >= 0.3 is 5.76 Å². The van der Waals surface area contributed by atoms with Gasteiger partial charge in [0.15, 0.2) is 17.1 Å². The summed E-state index contributed by atoms with van der Waals surface area (Å²) in [5.41, 5.74) is 3.05. The molecular weight excluding hydrogens is 384 g/mol. The Morgan fingerprint density at radius 1 is 1.14 bits per heavy atom. The van der Waals surface area contributed by atoms with E-state index in [2.05, 4.69) is 0 Å². The molecule has 0 N–H and O–H groups in total. The minimum atomic E-state index is -0.575. The standard InChI is InChI=1S/C20H19ClN2O5/c1-26-17-7-12-5-6-22(10-13(12)8-18(17)27-2)19(24)11-23-15-4-3-14(21)9-16(15)28-20(23)25/h3-4,7-9H,5-6,10-11H2,1-2H3. The predicted molar refractivity (Wildman–Crippen MR) is 104 cm³/mol. The number of ether oxygens (including phenoxy) is 2. The molecule has 0 unspecified atom stereocenters. The third-order valence-corrected chi connectivity index (χ3v) is 5.23. The molecule has 0 saturated heterocycles. The number of hydrogen-bond acceptors (Lipinski definition) is 5. The summed E-state index contributed by atoms with van der Waals surface area (Å²) in [5.74, 6) is 0.579. The van der Waals surface area contributed by atoms with Gasteiger partial charge in [0.25, 0.3) is 0 Å². The molecule has 0 saturated carbocycles. The maximum atomic E-state index is 12.9. The van der Waals surface area contributed by atoms with Gasteiger partial charge in [-0.2, -0.15) is 0 Å². The van der Waals surface area contributed by atoms with Crippen molar-refractivity contribution in [2.45, 2.75) is 19.5 Å². The molecule has 0 bridgehead atoms. The van der Waals surface area contributed by atoms with E-state index in [-0.39, 0.29) is 12.5 Å². The Morgan fingerprint density at radius 3 is 2.57 bits per heavy atom. The molecule has 8 heteroatoms. The van der Waals surface area contributed by atoms with Crippen LogP contribution >= 0.6 is 11.6 Å². The maximum absolute atomic E-state index is 12.9. The first-order valence-electron chi connectivity index (χ1n) is 8.80. The van der Waals surface area contributed by atoms with Crippen molar-refractivity contribution < 1.29 is 18.7 Å². The molecule has 0 radical (unpaired) electrons. The van der Waals surface area contributed by atoms with Crippen LogP contribution in [0.15, 0.2) is 39.5 Å². The fraction of sp³-hybridized carbons (Fsp3) is 0.300. The lowest BCUT2D eigenvalue weighted by atomic mass is 9.98. The highest BCUT2D eigenvalue weighted by Crippen LogP contribution is 2.33. The summed E-state index contributed by atoms with van der Waals surface area (Å²) in [6, 6.07) is 8.76. The number of aromatic nitrogens is 1. The average molecular weight is 403 g/mol. The minimum absolute atomic E-state index is 0.0872. The largest absolute Gasteiger partial charge is 0.493 e. The van der Waals surface area contributed by atoms with Crippen LogP contribution in [0.5, 0.6) is 11.5 Å². The molecule has 1 amide bonds. The highest BCUT2D eigenvalue weighted by atomic mass is 35.5. The van der Waals surface area contributed by atoms with E-state index in [4.69, 9.17) is 25.5 Å². The number of methoxy groups -OCH3 is 2. The van der Waals surface area contributed by atoms with Crippen LogP contribution in [0.3, 0.4) is 0 Å². The van der Waals surface area contributed by atoms with E-state index in [9.17, 15) is 9.59 Å². The molecule has 0 aliphatic carbocycles. The summed E-state index contributed by atoms with van der Waals surface area (Å²) in [6.45, 7) is 0.929. The number of oxazole rings is 1. The molecule has 4 rings (SSSR count). The molecule has 28 heavy (non-hydrogen) atoms. The topological polar surface area (TPSA) is 73.9 Å². The lowest BCUT2D eigenvalue weighted by molar-refractivity contribution is -0.132. The SMILES string of the molecule is COc1cc2c(cc1OC)CN(C(=O)Cn1c(=O)oc3cc(Cl)ccc31)CC2. The number of carbonyl (C=O) groups excluding carboxylic acids is 1. The van der Waals surface area contributed by atoms with Gasteiger partial charge < -0.3 is 18.8 Å². The number of rotatable bonds is 4. The third kappa shape index (κ3) is 3.22. The molecule has 2 aromatic carbocycles. The molecule has 146 valence electrons. The van der Waals surface area contributed by atoms with Gasteiger partial charge in [-0.05, 0) is 41.8 Å². The first kappa shape index (κ1) is 18.4. The summed E-state index contributed by atoms with van der Waals surface area (Å²) >= 11 is 5.94. The predicted octanol–water partition coefficient (Wildman–Crippen LogP) is 2.85. The van der Waals surface area contributed by atoms with Crippen LogP contribution in [-0.2, 0) is 24.3 Å². The summed E-state index contributed by atoms with van der Waals surface area (Å²) in [4.78, 5) is 26.8. The number of nitrogens with zero attached hydrogens (tertiary/aromatic N) is 2. The van der Waals surface area contributed by atoms with Gasteiger partial charge in [0.05, 0.1) is 19.7 Å². The van der Waals surface area contributed by atoms with Crippen LogP contribution in [0.2, 0.25) is 5.02 Å². The zero-order valence-corrected chi connectivity index (χ0v) is 16.3. The van der Waals surface area contributed by atoms with Gasteiger partial charge in [-0.15, -0.1) is 0 Å². The molecule has 3 aromatic rings. The second-order valence-corrected chi connectivity index (χ2v) is 7.04. The van der Waals surface area contributed by atoms with E-state index < -0.39 is 5.76 Å². The quantitative estimate of drug-likeness (QED) is 0.671. The van der Waals surface area contributed by atoms with Gasteiger partial charge in [-0.25, -0.2) is 4.79 Å². The van der Waals surface area contributed by atoms with Crippen LogP contribution < -0.4 is 15.2 Å². The summed E-state index contributed by atoms with van der Waals surface area (Å²) in [6.07, 6.45) is 0.706. The number of halogens is 1. The smallest absolute Gasteiger partial charge is 0.420 e. The number of carbonyl (C=O) groups is 1. The van der Waals surface area contributed by atoms with Crippen LogP contribution in [0.25, 0.3) is 11.1 Å². The zero-order chi connectivity index (χ0) is 19.8. The maximum Gasteiger partial charge on any atom is 0.420 e. The van der Waals surface area contributed by atoms with E-state index in [0.29, 0.717) is 47.1 Å². The molecular formula is C20H19ClN2O5. The lowest BCUT2D eigenvalue weighted by Crippen LogP contribution is -2.39. The first-order valence-corrected chi connectivity index (χ1v) is 9.18. The van der Waals surface area contributed by atoms with Gasteiger partial charge in [-0.3, -0.25) is 9.36 Å². The normalized spacial score (nSPS) is 13.5. The van der Waals surface area contributed by atoms with Crippen molar-refractivity contribution >= 4 is 28.6 Å². The first-order chi connectivity index (χ1) is 13.5.